The molecule has 1 saturated carbocycles. The molecule has 0 aliphatic heterocycles. The van der Waals surface area contributed by atoms with Gasteiger partial charge in [0.05, 0.1) is 11.7 Å². The first-order valence-electron chi connectivity index (χ1n) is 7.57. The number of carboxylic acids is 1. The van der Waals surface area contributed by atoms with Crippen molar-refractivity contribution in [1.82, 2.24) is 5.32 Å². The van der Waals surface area contributed by atoms with Crippen molar-refractivity contribution in [3.8, 4) is 0 Å². The fourth-order valence-corrected chi connectivity index (χ4v) is 3.47. The summed E-state index contributed by atoms with van der Waals surface area (Å²) in [5, 5.41) is 12.1. The highest BCUT2D eigenvalue weighted by atomic mass is 32.2. The van der Waals surface area contributed by atoms with Gasteiger partial charge < -0.3 is 10.4 Å². The van der Waals surface area contributed by atoms with Gasteiger partial charge in [0, 0.05) is 10.9 Å². The minimum Gasteiger partial charge on any atom is -0.481 e. The standard InChI is InChI=1S/C16H19F2NO3S/c17-12-7-6-10(8-13(12)18)23-9-15(20)19-14-5-3-1-2-4-11(14)16(21)22/h6-8,11,14H,1-5,9H2,(H,19,20)(H,21,22)/t11-,14+/m1/s1. The van der Waals surface area contributed by atoms with Gasteiger partial charge in [0.2, 0.25) is 5.91 Å². The topological polar surface area (TPSA) is 66.4 Å². The van der Waals surface area contributed by atoms with Crippen molar-refractivity contribution in [1.29, 1.82) is 0 Å². The van der Waals surface area contributed by atoms with E-state index < -0.39 is 23.5 Å². The summed E-state index contributed by atoms with van der Waals surface area (Å²) in [6.45, 7) is 0. The van der Waals surface area contributed by atoms with Gasteiger partial charge in [0.15, 0.2) is 11.6 Å². The monoisotopic (exact) mass is 343 g/mol. The number of thioether (sulfide) groups is 1. The zero-order chi connectivity index (χ0) is 16.8. The zero-order valence-corrected chi connectivity index (χ0v) is 13.4. The van der Waals surface area contributed by atoms with Crippen LogP contribution in [0.15, 0.2) is 23.1 Å². The smallest absolute Gasteiger partial charge is 0.308 e. The van der Waals surface area contributed by atoms with Crippen LogP contribution in [0.4, 0.5) is 8.78 Å². The number of nitrogens with one attached hydrogen (secondary N) is 1. The molecule has 1 aromatic rings. The number of hydrogen-bond donors (Lipinski definition) is 2. The molecule has 0 radical (unpaired) electrons. The van der Waals surface area contributed by atoms with Crippen LogP contribution in [0.5, 0.6) is 0 Å². The summed E-state index contributed by atoms with van der Waals surface area (Å²) in [5.41, 5.74) is 0. The Balaban J connectivity index is 1.89. The average molecular weight is 343 g/mol. The Labute approximate surface area is 137 Å². The van der Waals surface area contributed by atoms with Crippen LogP contribution in [0, 0.1) is 17.6 Å². The SMILES string of the molecule is O=C(CSc1ccc(F)c(F)c1)N[C@H]1CCCCC[C@H]1C(=O)O. The van der Waals surface area contributed by atoms with Gasteiger partial charge in [-0.1, -0.05) is 19.3 Å². The summed E-state index contributed by atoms with van der Waals surface area (Å²) in [5.74, 6) is -3.58. The summed E-state index contributed by atoms with van der Waals surface area (Å²) in [7, 11) is 0. The minimum atomic E-state index is -0.954. The molecule has 1 aliphatic rings. The van der Waals surface area contributed by atoms with Gasteiger partial charge >= 0.3 is 5.97 Å². The molecule has 2 atom stereocenters. The molecule has 4 nitrogen and oxygen atoms in total. The molecular formula is C16H19F2NO3S. The third-order valence-electron chi connectivity index (χ3n) is 3.94. The molecule has 126 valence electrons. The van der Waals surface area contributed by atoms with E-state index in [4.69, 9.17) is 0 Å². The maximum atomic E-state index is 13.1. The molecule has 23 heavy (non-hydrogen) atoms. The molecule has 1 fully saturated rings. The van der Waals surface area contributed by atoms with Crippen LogP contribution in [0.1, 0.15) is 32.1 Å². The average Bonchev–Trinajstić information content (AvgIpc) is 2.74. The summed E-state index contributed by atoms with van der Waals surface area (Å²) in [6, 6.07) is 3.09. The Kier molecular flexibility index (Phi) is 6.38. The molecule has 0 unspecified atom stereocenters. The first kappa shape index (κ1) is 17.7. The Bertz CT molecular complexity index is 582. The minimum absolute atomic E-state index is 0.0356. The van der Waals surface area contributed by atoms with E-state index >= 15 is 0 Å². The Morgan fingerprint density at radius 1 is 1.17 bits per heavy atom. The van der Waals surface area contributed by atoms with Crippen molar-refractivity contribution in [3.05, 3.63) is 29.8 Å². The quantitative estimate of drug-likeness (QED) is 0.636. The van der Waals surface area contributed by atoms with E-state index in [2.05, 4.69) is 5.32 Å². The molecule has 0 spiro atoms. The van der Waals surface area contributed by atoms with Crippen LogP contribution >= 0.6 is 11.8 Å². The highest BCUT2D eigenvalue weighted by molar-refractivity contribution is 8.00. The molecule has 0 aromatic heterocycles. The second-order valence-electron chi connectivity index (χ2n) is 5.62. The number of carbonyl (C=O) groups excluding carboxylic acids is 1. The maximum Gasteiger partial charge on any atom is 0.308 e. The van der Waals surface area contributed by atoms with Gasteiger partial charge in [-0.2, -0.15) is 0 Å². The molecule has 0 saturated heterocycles. The lowest BCUT2D eigenvalue weighted by molar-refractivity contribution is -0.143. The lowest BCUT2D eigenvalue weighted by Crippen LogP contribution is -2.43. The maximum absolute atomic E-state index is 13.1. The Morgan fingerprint density at radius 2 is 1.91 bits per heavy atom. The molecule has 1 aromatic carbocycles. The van der Waals surface area contributed by atoms with E-state index in [1.54, 1.807) is 0 Å². The third kappa shape index (κ3) is 5.20. The number of hydrogen-bond acceptors (Lipinski definition) is 3. The summed E-state index contributed by atoms with van der Waals surface area (Å²) < 4.78 is 26.0. The molecular weight excluding hydrogens is 324 g/mol. The Hall–Kier alpha value is -1.63. The van der Waals surface area contributed by atoms with Crippen molar-refractivity contribution >= 4 is 23.6 Å². The molecule has 2 N–H and O–H groups in total. The third-order valence-corrected chi connectivity index (χ3v) is 4.93. The lowest BCUT2D eigenvalue weighted by atomic mass is 9.95. The summed E-state index contributed by atoms with van der Waals surface area (Å²) in [6.07, 6.45) is 3.94. The van der Waals surface area contributed by atoms with E-state index in [-0.39, 0.29) is 17.7 Å². The number of aliphatic carboxylic acids is 1. The van der Waals surface area contributed by atoms with E-state index in [9.17, 15) is 23.5 Å². The molecule has 0 bridgehead atoms. The van der Waals surface area contributed by atoms with E-state index in [1.807, 2.05) is 0 Å². The first-order valence-corrected chi connectivity index (χ1v) is 8.56. The van der Waals surface area contributed by atoms with Crippen molar-refractivity contribution in [2.24, 2.45) is 5.92 Å². The van der Waals surface area contributed by atoms with Crippen LogP contribution in [-0.2, 0) is 9.59 Å². The van der Waals surface area contributed by atoms with E-state index in [1.165, 1.54) is 6.07 Å². The fourth-order valence-electron chi connectivity index (χ4n) is 2.74. The second-order valence-corrected chi connectivity index (χ2v) is 6.67. The predicted molar refractivity (Wildman–Crippen MR) is 83.2 cm³/mol. The summed E-state index contributed by atoms with van der Waals surface area (Å²) in [4.78, 5) is 23.8. The highest BCUT2D eigenvalue weighted by Gasteiger charge is 2.30. The largest absolute Gasteiger partial charge is 0.481 e. The van der Waals surface area contributed by atoms with Crippen LogP contribution in [0.25, 0.3) is 0 Å². The normalized spacial score (nSPS) is 21.5. The zero-order valence-electron chi connectivity index (χ0n) is 12.6. The van der Waals surface area contributed by atoms with Crippen molar-refractivity contribution in [3.63, 3.8) is 0 Å². The van der Waals surface area contributed by atoms with Gasteiger partial charge in [0.1, 0.15) is 0 Å². The number of amides is 1. The van der Waals surface area contributed by atoms with Crippen LogP contribution in [0.3, 0.4) is 0 Å². The predicted octanol–water partition coefficient (Wildman–Crippen LogP) is 3.21. The lowest BCUT2D eigenvalue weighted by Gasteiger charge is -2.22. The van der Waals surface area contributed by atoms with Gasteiger partial charge in [-0.3, -0.25) is 9.59 Å². The number of halogens is 2. The molecule has 1 aliphatic carbocycles. The number of benzene rings is 1. The molecule has 2 rings (SSSR count). The van der Waals surface area contributed by atoms with Gasteiger partial charge in [-0.05, 0) is 31.0 Å². The van der Waals surface area contributed by atoms with Gasteiger partial charge in [0.25, 0.3) is 0 Å². The van der Waals surface area contributed by atoms with Gasteiger partial charge in [-0.15, -0.1) is 11.8 Å². The Morgan fingerprint density at radius 3 is 2.61 bits per heavy atom. The van der Waals surface area contributed by atoms with Crippen LogP contribution in [-0.4, -0.2) is 28.8 Å². The number of carbonyl (C=O) groups is 2. The molecule has 7 heteroatoms. The fraction of sp³-hybridized carbons (Fsp3) is 0.500. The number of rotatable bonds is 5. The van der Waals surface area contributed by atoms with Crippen LogP contribution < -0.4 is 5.32 Å². The molecule has 1 amide bonds. The van der Waals surface area contributed by atoms with Crippen molar-refractivity contribution < 1.29 is 23.5 Å². The number of carboxylic acid groups (broad SMARTS) is 1. The van der Waals surface area contributed by atoms with Crippen molar-refractivity contribution in [2.75, 3.05) is 5.75 Å². The van der Waals surface area contributed by atoms with Crippen molar-refractivity contribution in [2.45, 2.75) is 43.0 Å². The summed E-state index contributed by atoms with van der Waals surface area (Å²) >= 11 is 1.09. The highest BCUT2D eigenvalue weighted by Crippen LogP contribution is 2.25. The van der Waals surface area contributed by atoms with Crippen LogP contribution in [0.2, 0.25) is 0 Å². The molecule has 0 heterocycles. The van der Waals surface area contributed by atoms with Gasteiger partial charge in [-0.25, -0.2) is 8.78 Å². The second kappa shape index (κ2) is 8.29. The van der Waals surface area contributed by atoms with E-state index in [0.717, 1.165) is 43.2 Å². The van der Waals surface area contributed by atoms with E-state index in [0.29, 0.717) is 17.7 Å². The first-order chi connectivity index (χ1) is 11.0.